The highest BCUT2D eigenvalue weighted by atomic mass is 19.4. The summed E-state index contributed by atoms with van der Waals surface area (Å²) in [6, 6.07) is 2.66. The smallest absolute Gasteiger partial charge is 0.439 e. The molecule has 1 saturated heterocycles. The Hall–Kier alpha value is -3.32. The van der Waals surface area contributed by atoms with Gasteiger partial charge in [0.2, 0.25) is 0 Å². The van der Waals surface area contributed by atoms with Gasteiger partial charge in [0.15, 0.2) is 0 Å². The number of hydrogen-bond donors (Lipinski definition) is 1. The van der Waals surface area contributed by atoms with Crippen molar-refractivity contribution in [3.63, 3.8) is 0 Å². The highest BCUT2D eigenvalue weighted by molar-refractivity contribution is 5.71. The lowest BCUT2D eigenvalue weighted by molar-refractivity contribution is -0.274. The van der Waals surface area contributed by atoms with Crippen molar-refractivity contribution in [1.82, 2.24) is 4.90 Å². The molecular formula is C20H15F9N2O3. The largest absolute Gasteiger partial charge is 0.573 e. The highest BCUT2D eigenvalue weighted by Gasteiger charge is 2.43. The molecule has 0 bridgehead atoms. The minimum absolute atomic E-state index is 0.00813. The van der Waals surface area contributed by atoms with Crippen LogP contribution >= 0.6 is 0 Å². The van der Waals surface area contributed by atoms with E-state index in [4.69, 9.17) is 10.5 Å². The fraction of sp³-hybridized carbons (Fsp3) is 0.350. The lowest BCUT2D eigenvalue weighted by atomic mass is 9.97. The molecule has 0 saturated carbocycles. The van der Waals surface area contributed by atoms with Crippen LogP contribution in [0.25, 0.3) is 0 Å². The number of alkyl halides is 9. The van der Waals surface area contributed by atoms with E-state index >= 15 is 0 Å². The summed E-state index contributed by atoms with van der Waals surface area (Å²) in [5.41, 5.74) is 1.98. The van der Waals surface area contributed by atoms with Crippen molar-refractivity contribution in [2.24, 2.45) is 0 Å². The number of carbonyl (C=O) groups is 1. The Morgan fingerprint density at radius 1 is 0.941 bits per heavy atom. The van der Waals surface area contributed by atoms with Crippen molar-refractivity contribution in [3.05, 3.63) is 58.7 Å². The van der Waals surface area contributed by atoms with Crippen molar-refractivity contribution >= 4 is 11.8 Å². The number of halogens is 9. The minimum atomic E-state index is -5.10. The second kappa shape index (κ2) is 8.47. The Balaban J connectivity index is 1.93. The highest BCUT2D eigenvalue weighted by Crippen LogP contribution is 2.41. The number of hydrogen-bond acceptors (Lipinski definition) is 4. The zero-order chi connectivity index (χ0) is 25.6. The minimum Gasteiger partial charge on any atom is -0.439 e. The van der Waals surface area contributed by atoms with Gasteiger partial charge in [-0.15, -0.1) is 13.2 Å². The second-order valence-electron chi connectivity index (χ2n) is 7.42. The van der Waals surface area contributed by atoms with E-state index in [9.17, 15) is 44.3 Å². The zero-order valence-corrected chi connectivity index (χ0v) is 17.0. The maximum atomic E-state index is 13.2. The Labute approximate surface area is 185 Å². The van der Waals surface area contributed by atoms with Gasteiger partial charge in [0.05, 0.1) is 23.7 Å². The Bertz CT molecular complexity index is 1050. The van der Waals surface area contributed by atoms with Crippen LogP contribution in [0.1, 0.15) is 35.3 Å². The molecule has 34 heavy (non-hydrogen) atoms. The summed E-state index contributed by atoms with van der Waals surface area (Å²) < 4.78 is 125. The summed E-state index contributed by atoms with van der Waals surface area (Å²) in [4.78, 5) is 13.3. The van der Waals surface area contributed by atoms with E-state index in [1.54, 1.807) is 0 Å². The molecule has 1 aliphatic heterocycles. The average molecular weight is 502 g/mol. The number of ether oxygens (including phenoxy) is 2. The summed E-state index contributed by atoms with van der Waals surface area (Å²) >= 11 is 0. The third-order valence-electron chi connectivity index (χ3n) is 5.02. The number of cyclic esters (lactones) is 1. The van der Waals surface area contributed by atoms with Gasteiger partial charge in [-0.25, -0.2) is 4.79 Å². The zero-order valence-electron chi connectivity index (χ0n) is 17.0. The number of amides is 1. The molecule has 0 radical (unpaired) electrons. The van der Waals surface area contributed by atoms with Gasteiger partial charge >= 0.3 is 24.8 Å². The molecule has 1 amide bonds. The maximum absolute atomic E-state index is 13.2. The predicted molar refractivity (Wildman–Crippen MR) is 98.2 cm³/mol. The first-order valence-corrected chi connectivity index (χ1v) is 9.36. The summed E-state index contributed by atoms with van der Waals surface area (Å²) in [7, 11) is 0. The molecule has 2 N–H and O–H groups in total. The lowest BCUT2D eigenvalue weighted by Gasteiger charge is -2.23. The summed E-state index contributed by atoms with van der Waals surface area (Å²) in [6.07, 6.45) is -17.8. The molecule has 5 nitrogen and oxygen atoms in total. The van der Waals surface area contributed by atoms with Gasteiger partial charge in [-0.3, -0.25) is 4.90 Å². The van der Waals surface area contributed by atoms with Gasteiger partial charge in [0.1, 0.15) is 11.9 Å². The van der Waals surface area contributed by atoms with E-state index in [0.717, 1.165) is 23.1 Å². The summed E-state index contributed by atoms with van der Waals surface area (Å²) in [6.45, 7) is 0.859. The second-order valence-corrected chi connectivity index (χ2v) is 7.42. The van der Waals surface area contributed by atoms with Crippen molar-refractivity contribution in [2.45, 2.75) is 44.3 Å². The summed E-state index contributed by atoms with van der Waals surface area (Å²) in [5.74, 6) is -0.638. The van der Waals surface area contributed by atoms with Gasteiger partial charge in [0, 0.05) is 5.69 Å². The van der Waals surface area contributed by atoms with E-state index in [1.807, 2.05) is 0 Å². The van der Waals surface area contributed by atoms with Gasteiger partial charge in [-0.1, -0.05) is 0 Å². The van der Waals surface area contributed by atoms with Crippen molar-refractivity contribution in [1.29, 1.82) is 0 Å². The van der Waals surface area contributed by atoms with Crippen LogP contribution in [0, 0.1) is 0 Å². The van der Waals surface area contributed by atoms with Gasteiger partial charge in [0.25, 0.3) is 0 Å². The molecule has 2 aromatic carbocycles. The lowest BCUT2D eigenvalue weighted by Crippen LogP contribution is -2.32. The number of carbonyl (C=O) groups excluding carboxylic acids is 1. The Kier molecular flexibility index (Phi) is 6.31. The number of nitrogens with zero attached hydrogens (tertiary/aromatic N) is 1. The molecule has 2 aromatic rings. The van der Waals surface area contributed by atoms with Gasteiger partial charge < -0.3 is 15.2 Å². The third kappa shape index (κ3) is 5.59. The number of anilines is 1. The molecule has 2 unspecified atom stereocenters. The Morgan fingerprint density at radius 3 is 2.00 bits per heavy atom. The first-order valence-electron chi connectivity index (χ1n) is 9.36. The monoisotopic (exact) mass is 502 g/mol. The fourth-order valence-electron chi connectivity index (χ4n) is 3.40. The van der Waals surface area contributed by atoms with Crippen molar-refractivity contribution in [3.8, 4) is 5.75 Å². The van der Waals surface area contributed by atoms with Crippen LogP contribution in [0.5, 0.6) is 5.75 Å². The maximum Gasteiger partial charge on any atom is 0.573 e. The van der Waals surface area contributed by atoms with Gasteiger partial charge in [-0.05, 0) is 54.4 Å². The van der Waals surface area contributed by atoms with Gasteiger partial charge in [-0.2, -0.15) is 26.3 Å². The average Bonchev–Trinajstić information content (AvgIpc) is 2.96. The molecule has 1 fully saturated rings. The number of benzene rings is 2. The van der Waals surface area contributed by atoms with Crippen LogP contribution in [0.3, 0.4) is 0 Å². The molecule has 0 spiro atoms. The molecule has 1 heterocycles. The molecular weight excluding hydrogens is 487 g/mol. The molecule has 3 rings (SSSR count). The first-order chi connectivity index (χ1) is 15.5. The molecule has 0 aliphatic carbocycles. The predicted octanol–water partition coefficient (Wildman–Crippen LogP) is 6.29. The fourth-order valence-corrected chi connectivity index (χ4v) is 3.40. The van der Waals surface area contributed by atoms with E-state index in [0.29, 0.717) is 12.1 Å². The SMILES string of the molecule is CC1C(c2cc(C(F)(F)F)cc(C(F)(F)F)c2)OC(=O)N1Cc1cc(OC(F)(F)F)ccc1N. The standard InChI is InChI=1S/C20H15F9N2O3/c1-9-16(10-4-12(18(21,22)23)7-13(5-10)19(24,25)26)33-17(32)31(9)8-11-6-14(2-3-15(11)30)34-20(27,28)29/h2-7,9,16H,8,30H2,1H3. The van der Waals surface area contributed by atoms with E-state index in [2.05, 4.69) is 4.74 Å². The number of rotatable bonds is 4. The molecule has 1 aliphatic rings. The van der Waals surface area contributed by atoms with E-state index in [-0.39, 0.29) is 17.3 Å². The molecule has 186 valence electrons. The Morgan fingerprint density at radius 2 is 1.50 bits per heavy atom. The number of nitrogens with two attached hydrogens (primary N) is 1. The van der Waals surface area contributed by atoms with Crippen LogP contribution in [-0.2, 0) is 23.6 Å². The van der Waals surface area contributed by atoms with Crippen LogP contribution < -0.4 is 10.5 Å². The topological polar surface area (TPSA) is 64.8 Å². The van der Waals surface area contributed by atoms with E-state index < -0.39 is 65.9 Å². The molecule has 0 aromatic heterocycles. The third-order valence-corrected chi connectivity index (χ3v) is 5.02. The van der Waals surface area contributed by atoms with Crippen LogP contribution in [0.4, 0.5) is 50.0 Å². The molecule has 2 atom stereocenters. The normalized spacial score (nSPS) is 19.4. The summed E-state index contributed by atoms with van der Waals surface area (Å²) in [5, 5.41) is 0. The van der Waals surface area contributed by atoms with E-state index in [1.165, 1.54) is 6.92 Å². The molecule has 14 heteroatoms. The van der Waals surface area contributed by atoms with Crippen molar-refractivity contribution < 1.29 is 53.8 Å². The van der Waals surface area contributed by atoms with Crippen molar-refractivity contribution in [2.75, 3.05) is 5.73 Å². The van der Waals surface area contributed by atoms with Crippen LogP contribution in [0.15, 0.2) is 36.4 Å². The number of nitrogen functional groups attached to an aromatic ring is 1. The van der Waals surface area contributed by atoms with Crippen LogP contribution in [-0.4, -0.2) is 23.4 Å². The van der Waals surface area contributed by atoms with Crippen LogP contribution in [0.2, 0.25) is 0 Å². The quantitative estimate of drug-likeness (QED) is 0.395. The first kappa shape index (κ1) is 25.3.